The number of aliphatic hydroxyl groups excluding tert-OH is 1. The van der Waals surface area contributed by atoms with Gasteiger partial charge in [0, 0.05) is 17.8 Å². The summed E-state index contributed by atoms with van der Waals surface area (Å²) in [5.41, 5.74) is -2.21. The summed E-state index contributed by atoms with van der Waals surface area (Å²) in [5, 5.41) is 33.2. The molecule has 4 aliphatic rings. The average Bonchev–Trinajstić information content (AvgIpc) is 2.89. The molecule has 0 saturated heterocycles. The third-order valence-corrected chi connectivity index (χ3v) is 11.9. The van der Waals surface area contributed by atoms with Gasteiger partial charge in [0.05, 0.1) is 17.3 Å². The van der Waals surface area contributed by atoms with Gasteiger partial charge in [0.2, 0.25) is 0 Å². The Balaban J connectivity index is 1.65. The van der Waals surface area contributed by atoms with E-state index in [9.17, 15) is 20.1 Å². The Morgan fingerprint density at radius 1 is 0.941 bits per heavy atom. The summed E-state index contributed by atoms with van der Waals surface area (Å²) in [4.78, 5) is 12.8. The number of hydrogen-bond donors (Lipinski definition) is 3. The molecule has 34 heavy (non-hydrogen) atoms. The van der Waals surface area contributed by atoms with Gasteiger partial charge in [-0.1, -0.05) is 46.8 Å². The number of hydrogen-bond acceptors (Lipinski definition) is 4. The summed E-state index contributed by atoms with van der Waals surface area (Å²) in [6.07, 6.45) is 10.3. The largest absolute Gasteiger partial charge is 0.393 e. The Morgan fingerprint density at radius 2 is 1.59 bits per heavy atom. The van der Waals surface area contributed by atoms with E-state index in [2.05, 4.69) is 34.6 Å². The van der Waals surface area contributed by atoms with Crippen molar-refractivity contribution in [2.24, 2.45) is 45.3 Å². The third kappa shape index (κ3) is 3.68. The van der Waals surface area contributed by atoms with Gasteiger partial charge in [0.15, 0.2) is 0 Å². The number of carbonyl (C=O) groups is 1. The lowest BCUT2D eigenvalue weighted by Gasteiger charge is -2.66. The highest BCUT2D eigenvalue weighted by Gasteiger charge is 2.70. The van der Waals surface area contributed by atoms with E-state index in [-0.39, 0.29) is 27.6 Å². The second-order valence-corrected chi connectivity index (χ2v) is 14.7. The highest BCUT2D eigenvalue weighted by Crippen LogP contribution is 2.74. The van der Waals surface area contributed by atoms with Gasteiger partial charge in [-0.05, 0) is 99.7 Å². The van der Waals surface area contributed by atoms with Gasteiger partial charge in [0.25, 0.3) is 0 Å². The van der Waals surface area contributed by atoms with Crippen LogP contribution in [0.25, 0.3) is 0 Å². The van der Waals surface area contributed by atoms with E-state index >= 15 is 0 Å². The van der Waals surface area contributed by atoms with Crippen LogP contribution < -0.4 is 0 Å². The van der Waals surface area contributed by atoms with Gasteiger partial charge in [-0.3, -0.25) is 4.79 Å². The predicted octanol–water partition coefficient (Wildman–Crippen LogP) is 5.68. The van der Waals surface area contributed by atoms with Gasteiger partial charge in [-0.25, -0.2) is 0 Å². The first-order valence-corrected chi connectivity index (χ1v) is 13.7. The normalized spacial score (nSPS) is 48.2. The van der Waals surface area contributed by atoms with E-state index in [1.165, 1.54) is 0 Å². The molecule has 4 rings (SSSR count). The molecular weight excluding hydrogens is 424 g/mol. The van der Waals surface area contributed by atoms with Crippen LogP contribution in [-0.4, -0.2) is 38.4 Å². The van der Waals surface area contributed by atoms with Gasteiger partial charge >= 0.3 is 0 Å². The quantitative estimate of drug-likeness (QED) is 0.458. The van der Waals surface area contributed by atoms with Crippen LogP contribution in [0, 0.1) is 45.3 Å². The van der Waals surface area contributed by atoms with Crippen LogP contribution in [0.4, 0.5) is 0 Å². The van der Waals surface area contributed by atoms with E-state index in [1.807, 2.05) is 13.0 Å². The smallest absolute Gasteiger partial charge is 0.138 e. The first-order chi connectivity index (χ1) is 15.4. The molecule has 0 bridgehead atoms. The second-order valence-electron chi connectivity index (χ2n) is 14.7. The minimum absolute atomic E-state index is 0.0382. The van der Waals surface area contributed by atoms with Crippen molar-refractivity contribution in [3.8, 4) is 0 Å². The molecule has 4 aliphatic carbocycles. The van der Waals surface area contributed by atoms with Crippen LogP contribution in [0.15, 0.2) is 12.2 Å². The van der Waals surface area contributed by atoms with Crippen molar-refractivity contribution in [1.29, 1.82) is 0 Å². The number of aliphatic hydroxyl groups is 3. The minimum atomic E-state index is -1.04. The Kier molecular flexibility index (Phi) is 6.12. The number of ketones is 1. The summed E-state index contributed by atoms with van der Waals surface area (Å²) in [5.74, 6) is 1.76. The molecule has 3 N–H and O–H groups in total. The van der Waals surface area contributed by atoms with Gasteiger partial charge < -0.3 is 15.3 Å². The minimum Gasteiger partial charge on any atom is -0.393 e. The molecule has 4 heteroatoms. The first kappa shape index (κ1) is 26.4. The molecule has 4 saturated carbocycles. The first-order valence-electron chi connectivity index (χ1n) is 13.7. The fourth-order valence-electron chi connectivity index (χ4n) is 10.2. The Labute approximate surface area is 207 Å². The lowest BCUT2D eigenvalue weighted by atomic mass is 9.38. The topological polar surface area (TPSA) is 77.8 Å². The molecule has 0 aromatic heterocycles. The molecule has 0 aromatic rings. The number of carbonyl (C=O) groups excluding carboxylic acids is 1. The van der Waals surface area contributed by atoms with Gasteiger partial charge in [-0.2, -0.15) is 0 Å². The van der Waals surface area contributed by atoms with Crippen LogP contribution in [0.3, 0.4) is 0 Å². The van der Waals surface area contributed by atoms with Crippen molar-refractivity contribution in [1.82, 2.24) is 0 Å². The molecule has 0 radical (unpaired) electrons. The van der Waals surface area contributed by atoms with E-state index in [1.54, 1.807) is 19.9 Å². The maximum atomic E-state index is 12.8. The van der Waals surface area contributed by atoms with E-state index in [0.29, 0.717) is 36.4 Å². The van der Waals surface area contributed by atoms with Gasteiger partial charge in [-0.15, -0.1) is 0 Å². The van der Waals surface area contributed by atoms with Crippen molar-refractivity contribution in [2.75, 3.05) is 0 Å². The number of fused-ring (bicyclic) bond motifs is 5. The zero-order valence-corrected chi connectivity index (χ0v) is 22.9. The van der Waals surface area contributed by atoms with Crippen LogP contribution >= 0.6 is 0 Å². The number of Topliss-reactive ketones (excluding diaryl/α,β-unsaturated/α-hetero) is 1. The standard InChI is InChI=1S/C30H50O4/c1-25(2,33)14-9-15-30(8,34)24-21(31)18-29(7)20-10-11-22-26(3,4)23(32)13-16-27(22,5)19(20)12-17-28(24,29)6/h9,14,19-22,24,31,33-34H,10-13,15-18H2,1-8H3/b14-9+/t19-,20+,21+,22+,24-,27+,28+,29-,30+/m0/s1. The molecule has 0 aliphatic heterocycles. The molecule has 0 spiro atoms. The Morgan fingerprint density at radius 3 is 2.21 bits per heavy atom. The molecule has 0 unspecified atom stereocenters. The molecule has 4 fully saturated rings. The predicted molar refractivity (Wildman–Crippen MR) is 136 cm³/mol. The fraction of sp³-hybridized carbons (Fsp3) is 0.900. The van der Waals surface area contributed by atoms with E-state index in [0.717, 1.165) is 38.5 Å². The maximum absolute atomic E-state index is 12.8. The Hall–Kier alpha value is -0.710. The van der Waals surface area contributed by atoms with Crippen molar-refractivity contribution in [3.05, 3.63) is 12.2 Å². The summed E-state index contributed by atoms with van der Waals surface area (Å²) < 4.78 is 0. The van der Waals surface area contributed by atoms with Crippen LogP contribution in [0.2, 0.25) is 0 Å². The van der Waals surface area contributed by atoms with Crippen molar-refractivity contribution in [3.63, 3.8) is 0 Å². The van der Waals surface area contributed by atoms with Crippen LogP contribution in [0.5, 0.6) is 0 Å². The summed E-state index contributed by atoms with van der Waals surface area (Å²) in [7, 11) is 0. The van der Waals surface area contributed by atoms with Crippen molar-refractivity contribution in [2.45, 2.75) is 124 Å². The summed E-state index contributed by atoms with van der Waals surface area (Å²) in [6.45, 7) is 16.9. The molecule has 9 atom stereocenters. The van der Waals surface area contributed by atoms with E-state index < -0.39 is 17.3 Å². The highest BCUT2D eigenvalue weighted by molar-refractivity contribution is 5.85. The SMILES string of the molecule is CC(C)(O)/C=C/C[C@@](C)(O)[C@H]1[C@H](O)C[C@@]2(C)[C@@H]3CC[C@@H]4C(C)(C)C(=O)CC[C@]4(C)[C@H]3CC[C@]12C. The highest BCUT2D eigenvalue weighted by atomic mass is 16.3. The van der Waals surface area contributed by atoms with Crippen LogP contribution in [0.1, 0.15) is 107 Å². The summed E-state index contributed by atoms with van der Waals surface area (Å²) in [6, 6.07) is 0. The van der Waals surface area contributed by atoms with E-state index in [4.69, 9.17) is 0 Å². The molecule has 0 aromatic carbocycles. The monoisotopic (exact) mass is 474 g/mol. The molecule has 194 valence electrons. The fourth-order valence-corrected chi connectivity index (χ4v) is 10.2. The number of rotatable bonds is 4. The maximum Gasteiger partial charge on any atom is 0.138 e. The average molecular weight is 475 g/mol. The summed E-state index contributed by atoms with van der Waals surface area (Å²) >= 11 is 0. The zero-order valence-electron chi connectivity index (χ0n) is 22.9. The lowest BCUT2D eigenvalue weighted by Crippen LogP contribution is -2.61. The third-order valence-electron chi connectivity index (χ3n) is 11.9. The molecule has 0 heterocycles. The van der Waals surface area contributed by atoms with Crippen LogP contribution in [-0.2, 0) is 4.79 Å². The van der Waals surface area contributed by atoms with Crippen molar-refractivity contribution >= 4 is 5.78 Å². The molecular formula is C30H50O4. The lowest BCUT2D eigenvalue weighted by molar-refractivity contribution is -0.192. The second kappa shape index (κ2) is 7.89. The zero-order chi connectivity index (χ0) is 25.5. The van der Waals surface area contributed by atoms with Gasteiger partial charge in [0.1, 0.15) is 5.78 Å². The van der Waals surface area contributed by atoms with Crippen molar-refractivity contribution < 1.29 is 20.1 Å². The molecule has 0 amide bonds. The molecule has 4 nitrogen and oxygen atoms in total. The Bertz CT molecular complexity index is 850.